The highest BCUT2D eigenvalue weighted by atomic mass is 16.5. The summed E-state index contributed by atoms with van der Waals surface area (Å²) in [7, 11) is 0. The number of alkyl carbamates (subject to hydrolysis) is 1. The molecule has 0 saturated carbocycles. The third kappa shape index (κ3) is 12.0. The summed E-state index contributed by atoms with van der Waals surface area (Å²) in [5.74, 6) is -0.902. The lowest BCUT2D eigenvalue weighted by molar-refractivity contribution is -0.123. The van der Waals surface area contributed by atoms with Crippen molar-refractivity contribution in [3.05, 3.63) is 35.9 Å². The van der Waals surface area contributed by atoms with Gasteiger partial charge in [-0.3, -0.25) is 14.4 Å². The molecule has 1 aromatic carbocycles. The van der Waals surface area contributed by atoms with Crippen molar-refractivity contribution in [3.8, 4) is 0 Å². The van der Waals surface area contributed by atoms with E-state index in [2.05, 4.69) is 16.0 Å². The molecule has 1 rings (SSSR count). The van der Waals surface area contributed by atoms with Gasteiger partial charge >= 0.3 is 6.09 Å². The zero-order chi connectivity index (χ0) is 19.9. The predicted octanol–water partition coefficient (Wildman–Crippen LogP) is 0.191. The molecule has 0 aliphatic carbocycles. The molecule has 27 heavy (non-hydrogen) atoms. The van der Waals surface area contributed by atoms with Crippen molar-refractivity contribution in [2.24, 2.45) is 5.73 Å². The lowest BCUT2D eigenvalue weighted by atomic mass is 10.2. The Hall–Kier alpha value is -3.10. The molecule has 148 valence electrons. The minimum Gasteiger partial charge on any atom is -0.445 e. The van der Waals surface area contributed by atoms with Crippen LogP contribution in [0.3, 0.4) is 0 Å². The van der Waals surface area contributed by atoms with Crippen molar-refractivity contribution in [1.82, 2.24) is 16.0 Å². The van der Waals surface area contributed by atoms with E-state index < -0.39 is 12.0 Å². The monoisotopic (exact) mass is 378 g/mol. The van der Waals surface area contributed by atoms with Gasteiger partial charge in [0.2, 0.25) is 17.7 Å². The van der Waals surface area contributed by atoms with Gasteiger partial charge in [-0.1, -0.05) is 30.3 Å². The van der Waals surface area contributed by atoms with E-state index in [0.29, 0.717) is 13.0 Å². The molecular weight excluding hydrogens is 352 g/mol. The number of nitrogens with two attached hydrogens (primary N) is 1. The minimum atomic E-state index is -0.584. The molecule has 0 heterocycles. The Labute approximate surface area is 158 Å². The molecule has 5 N–H and O–H groups in total. The van der Waals surface area contributed by atoms with Gasteiger partial charge in [0.05, 0.1) is 0 Å². The first kappa shape index (κ1) is 21.9. The summed E-state index contributed by atoms with van der Waals surface area (Å²) >= 11 is 0. The molecule has 0 saturated heterocycles. The minimum absolute atomic E-state index is 0.100. The van der Waals surface area contributed by atoms with E-state index in [1.807, 2.05) is 30.3 Å². The zero-order valence-corrected chi connectivity index (χ0v) is 15.2. The summed E-state index contributed by atoms with van der Waals surface area (Å²) in [4.78, 5) is 45.1. The van der Waals surface area contributed by atoms with Crippen molar-refractivity contribution in [2.45, 2.75) is 32.3 Å². The summed E-state index contributed by atoms with van der Waals surface area (Å²) < 4.78 is 5.03. The number of ether oxygens (including phenoxy) is 1. The standard InChI is InChI=1S/C18H26N4O5/c19-15(23)8-11-21-16(24)7-4-10-20-17(25)9-12-22-18(26)27-13-14-5-2-1-3-6-14/h1-3,5-6H,4,7-13H2,(H2,19,23)(H,20,25)(H,21,24)(H,22,26). The Morgan fingerprint density at radius 3 is 2.15 bits per heavy atom. The molecule has 0 atom stereocenters. The molecule has 1 aromatic rings. The Morgan fingerprint density at radius 2 is 1.44 bits per heavy atom. The van der Waals surface area contributed by atoms with Gasteiger partial charge in [-0.2, -0.15) is 0 Å². The number of primary amides is 1. The van der Waals surface area contributed by atoms with Gasteiger partial charge in [-0.05, 0) is 12.0 Å². The van der Waals surface area contributed by atoms with Gasteiger partial charge in [-0.15, -0.1) is 0 Å². The van der Waals surface area contributed by atoms with E-state index in [1.54, 1.807) is 0 Å². The largest absolute Gasteiger partial charge is 0.445 e. The van der Waals surface area contributed by atoms with Crippen LogP contribution in [0.15, 0.2) is 30.3 Å². The van der Waals surface area contributed by atoms with Crippen LogP contribution in [-0.4, -0.2) is 43.4 Å². The quantitative estimate of drug-likeness (QED) is 0.385. The van der Waals surface area contributed by atoms with Crippen LogP contribution in [0, 0.1) is 0 Å². The second kappa shape index (κ2) is 13.2. The average molecular weight is 378 g/mol. The van der Waals surface area contributed by atoms with Crippen molar-refractivity contribution in [3.63, 3.8) is 0 Å². The van der Waals surface area contributed by atoms with Crippen molar-refractivity contribution in [2.75, 3.05) is 19.6 Å². The number of amides is 4. The normalized spacial score (nSPS) is 9.93. The number of hydrogen-bond acceptors (Lipinski definition) is 5. The fourth-order valence-electron chi connectivity index (χ4n) is 2.03. The molecule has 0 fully saturated rings. The van der Waals surface area contributed by atoms with Crippen LogP contribution in [0.5, 0.6) is 0 Å². The molecular formula is C18H26N4O5. The fourth-order valence-corrected chi connectivity index (χ4v) is 2.03. The summed E-state index contributed by atoms with van der Waals surface area (Å²) in [5, 5.41) is 7.72. The van der Waals surface area contributed by atoms with Gasteiger partial charge in [0.1, 0.15) is 6.61 Å². The van der Waals surface area contributed by atoms with Crippen LogP contribution in [0.25, 0.3) is 0 Å². The van der Waals surface area contributed by atoms with Crippen LogP contribution in [-0.2, 0) is 25.7 Å². The van der Waals surface area contributed by atoms with Gasteiger partial charge in [0.25, 0.3) is 0 Å². The number of hydrogen-bond donors (Lipinski definition) is 4. The Balaban J connectivity index is 1.99. The lowest BCUT2D eigenvalue weighted by Gasteiger charge is -2.08. The molecule has 0 aromatic heterocycles. The first-order valence-corrected chi connectivity index (χ1v) is 8.73. The molecule has 0 bridgehead atoms. The SMILES string of the molecule is NC(=O)CCNC(=O)CCCNC(=O)CCNC(=O)OCc1ccccc1. The second-order valence-corrected chi connectivity index (χ2v) is 5.76. The molecule has 4 amide bonds. The van der Waals surface area contributed by atoms with E-state index in [9.17, 15) is 19.2 Å². The summed E-state index contributed by atoms with van der Waals surface area (Å²) in [6.45, 7) is 0.889. The van der Waals surface area contributed by atoms with Crippen molar-refractivity contribution < 1.29 is 23.9 Å². The molecule has 0 spiro atoms. The molecule has 0 aliphatic heterocycles. The van der Waals surface area contributed by atoms with Gasteiger partial charge in [-0.25, -0.2) is 4.79 Å². The fraction of sp³-hybridized carbons (Fsp3) is 0.444. The van der Waals surface area contributed by atoms with Crippen LogP contribution in [0.2, 0.25) is 0 Å². The zero-order valence-electron chi connectivity index (χ0n) is 15.2. The highest BCUT2D eigenvalue weighted by Crippen LogP contribution is 2.00. The topological polar surface area (TPSA) is 140 Å². The van der Waals surface area contributed by atoms with Crippen molar-refractivity contribution in [1.29, 1.82) is 0 Å². The number of carbonyl (C=O) groups is 4. The molecule has 9 nitrogen and oxygen atoms in total. The Kier molecular flexibility index (Phi) is 10.7. The molecule has 9 heteroatoms. The van der Waals surface area contributed by atoms with E-state index in [0.717, 1.165) is 5.56 Å². The summed E-state index contributed by atoms with van der Waals surface area (Å²) in [6, 6.07) is 9.27. The number of rotatable bonds is 12. The third-order valence-corrected chi connectivity index (χ3v) is 3.43. The first-order valence-electron chi connectivity index (χ1n) is 8.73. The van der Waals surface area contributed by atoms with Crippen LogP contribution < -0.4 is 21.7 Å². The van der Waals surface area contributed by atoms with E-state index in [4.69, 9.17) is 10.5 Å². The maximum atomic E-state index is 11.6. The van der Waals surface area contributed by atoms with E-state index in [1.165, 1.54) is 0 Å². The molecule has 0 radical (unpaired) electrons. The predicted molar refractivity (Wildman–Crippen MR) is 98.3 cm³/mol. The number of nitrogens with one attached hydrogen (secondary N) is 3. The van der Waals surface area contributed by atoms with E-state index in [-0.39, 0.29) is 50.8 Å². The van der Waals surface area contributed by atoms with E-state index >= 15 is 0 Å². The Bertz CT molecular complexity index is 621. The van der Waals surface area contributed by atoms with Crippen molar-refractivity contribution >= 4 is 23.8 Å². The average Bonchev–Trinajstić information content (AvgIpc) is 2.64. The van der Waals surface area contributed by atoms with Crippen LogP contribution >= 0.6 is 0 Å². The lowest BCUT2D eigenvalue weighted by Crippen LogP contribution is -2.32. The summed E-state index contributed by atoms with van der Waals surface area (Å²) in [5.41, 5.74) is 5.84. The van der Waals surface area contributed by atoms with Crippen LogP contribution in [0.1, 0.15) is 31.2 Å². The van der Waals surface area contributed by atoms with Gasteiger partial charge in [0.15, 0.2) is 0 Å². The summed E-state index contributed by atoms with van der Waals surface area (Å²) in [6.07, 6.45) is 0.345. The number of benzene rings is 1. The third-order valence-electron chi connectivity index (χ3n) is 3.43. The smallest absolute Gasteiger partial charge is 0.407 e. The number of carbonyl (C=O) groups excluding carboxylic acids is 4. The van der Waals surface area contributed by atoms with Crippen LogP contribution in [0.4, 0.5) is 4.79 Å². The maximum absolute atomic E-state index is 11.6. The molecule has 0 unspecified atom stereocenters. The van der Waals surface area contributed by atoms with Gasteiger partial charge < -0.3 is 26.4 Å². The second-order valence-electron chi connectivity index (χ2n) is 5.76. The van der Waals surface area contributed by atoms with Gasteiger partial charge in [0, 0.05) is 38.9 Å². The highest BCUT2D eigenvalue weighted by molar-refractivity contribution is 5.78. The Morgan fingerprint density at radius 1 is 0.815 bits per heavy atom. The first-order chi connectivity index (χ1) is 13.0. The molecule has 0 aliphatic rings. The maximum Gasteiger partial charge on any atom is 0.407 e. The highest BCUT2D eigenvalue weighted by Gasteiger charge is 2.06.